The molecule has 0 saturated heterocycles. The molecule has 0 aliphatic carbocycles. The maximum atomic E-state index is 11.6. The van der Waals surface area contributed by atoms with Crippen LogP contribution >= 0.6 is 12.2 Å². The average Bonchev–Trinajstić information content (AvgIpc) is 2.45. The number of rotatable bonds is 6. The zero-order chi connectivity index (χ0) is 15.7. The van der Waals surface area contributed by atoms with Crippen molar-refractivity contribution in [3.05, 3.63) is 24.3 Å². The van der Waals surface area contributed by atoms with E-state index in [9.17, 15) is 9.59 Å². The fourth-order valence-corrected chi connectivity index (χ4v) is 1.73. The normalized spacial score (nSPS) is 9.62. The molecular formula is C14H18N2O4S. The Kier molecular flexibility index (Phi) is 7.17. The lowest BCUT2D eigenvalue weighted by molar-refractivity contribution is -0.142. The van der Waals surface area contributed by atoms with Crippen LogP contribution in [-0.2, 0) is 14.3 Å². The molecule has 0 saturated carbocycles. The lowest BCUT2D eigenvalue weighted by Gasteiger charge is -2.10. The topological polar surface area (TPSA) is 76.7 Å². The Hall–Kier alpha value is -2.15. The number of ether oxygens (including phenoxy) is 2. The molecule has 1 aromatic rings. The number of carbonyl (C=O) groups excluding carboxylic acids is 2. The van der Waals surface area contributed by atoms with Crippen LogP contribution in [0.3, 0.4) is 0 Å². The summed E-state index contributed by atoms with van der Waals surface area (Å²) in [5, 5.41) is 5.53. The van der Waals surface area contributed by atoms with Crippen molar-refractivity contribution in [1.82, 2.24) is 5.32 Å². The lowest BCUT2D eigenvalue weighted by Crippen LogP contribution is -2.34. The second-order valence-corrected chi connectivity index (χ2v) is 4.45. The minimum absolute atomic E-state index is 0.0186. The molecule has 0 unspecified atom stereocenters. The van der Waals surface area contributed by atoms with E-state index in [0.29, 0.717) is 18.0 Å². The highest BCUT2D eigenvalue weighted by Crippen LogP contribution is 2.17. The zero-order valence-corrected chi connectivity index (χ0v) is 12.8. The number of anilines is 1. The molecular weight excluding hydrogens is 292 g/mol. The molecule has 0 atom stereocenters. The molecule has 7 heteroatoms. The fraction of sp³-hybridized carbons (Fsp3) is 0.357. The summed E-state index contributed by atoms with van der Waals surface area (Å²) in [6.45, 7) is 2.46. The number of thiocarbonyl (C=S) groups is 1. The second-order valence-electron chi connectivity index (χ2n) is 4.04. The van der Waals surface area contributed by atoms with E-state index in [-0.39, 0.29) is 23.9 Å². The summed E-state index contributed by atoms with van der Waals surface area (Å²) in [6, 6.07) is 7.22. The van der Waals surface area contributed by atoms with Gasteiger partial charge in [-0.15, -0.1) is 0 Å². The summed E-state index contributed by atoms with van der Waals surface area (Å²) >= 11 is 5.03. The average molecular weight is 310 g/mol. The Balaban J connectivity index is 2.44. The number of hydrogen-bond donors (Lipinski definition) is 2. The third-order valence-corrected chi connectivity index (χ3v) is 2.64. The van der Waals surface area contributed by atoms with Gasteiger partial charge in [0.25, 0.3) is 0 Å². The van der Waals surface area contributed by atoms with E-state index in [1.807, 2.05) is 19.1 Å². The SMILES string of the molecule is CCOc1cccc(NC(=S)NC(=O)CCC(=O)OC)c1. The van der Waals surface area contributed by atoms with Gasteiger partial charge in [0.15, 0.2) is 5.11 Å². The van der Waals surface area contributed by atoms with Gasteiger partial charge in [0.05, 0.1) is 20.1 Å². The molecule has 0 spiro atoms. The maximum Gasteiger partial charge on any atom is 0.306 e. The van der Waals surface area contributed by atoms with Gasteiger partial charge in [0, 0.05) is 18.2 Å². The molecule has 0 aliphatic rings. The quantitative estimate of drug-likeness (QED) is 0.617. The standard InChI is InChI=1S/C14H18N2O4S/c1-3-20-11-6-4-5-10(9-11)15-14(21)16-12(17)7-8-13(18)19-2/h4-6,9H,3,7-8H2,1-2H3,(H2,15,16,17,21). The summed E-state index contributed by atoms with van der Waals surface area (Å²) < 4.78 is 9.82. The summed E-state index contributed by atoms with van der Waals surface area (Å²) in [7, 11) is 1.28. The van der Waals surface area contributed by atoms with E-state index in [1.165, 1.54) is 7.11 Å². The Morgan fingerprint density at radius 1 is 1.29 bits per heavy atom. The number of benzene rings is 1. The van der Waals surface area contributed by atoms with Gasteiger partial charge in [-0.2, -0.15) is 0 Å². The number of esters is 1. The zero-order valence-electron chi connectivity index (χ0n) is 12.0. The van der Waals surface area contributed by atoms with Crippen LogP contribution in [0.1, 0.15) is 19.8 Å². The molecule has 0 aromatic heterocycles. The van der Waals surface area contributed by atoms with Gasteiger partial charge in [-0.05, 0) is 31.3 Å². The van der Waals surface area contributed by atoms with Gasteiger partial charge in [-0.3, -0.25) is 9.59 Å². The summed E-state index contributed by atoms with van der Waals surface area (Å²) in [6.07, 6.45) is 0.0399. The highest BCUT2D eigenvalue weighted by atomic mass is 32.1. The van der Waals surface area contributed by atoms with Crippen molar-refractivity contribution in [2.24, 2.45) is 0 Å². The smallest absolute Gasteiger partial charge is 0.306 e. The highest BCUT2D eigenvalue weighted by molar-refractivity contribution is 7.80. The second kappa shape index (κ2) is 8.91. The van der Waals surface area contributed by atoms with Crippen LogP contribution < -0.4 is 15.4 Å². The molecule has 1 amide bonds. The molecule has 21 heavy (non-hydrogen) atoms. The molecule has 0 radical (unpaired) electrons. The first-order valence-corrected chi connectivity index (χ1v) is 6.86. The monoisotopic (exact) mass is 310 g/mol. The van der Waals surface area contributed by atoms with Crippen LogP contribution in [0.15, 0.2) is 24.3 Å². The predicted octanol–water partition coefficient (Wildman–Crippen LogP) is 1.85. The first-order chi connectivity index (χ1) is 10.0. The minimum Gasteiger partial charge on any atom is -0.494 e. The number of methoxy groups -OCH3 is 1. The molecule has 2 N–H and O–H groups in total. The molecule has 6 nitrogen and oxygen atoms in total. The number of carbonyl (C=O) groups is 2. The van der Waals surface area contributed by atoms with E-state index in [1.54, 1.807) is 12.1 Å². The van der Waals surface area contributed by atoms with E-state index in [0.717, 1.165) is 0 Å². The van der Waals surface area contributed by atoms with Crippen LogP contribution in [-0.4, -0.2) is 30.7 Å². The van der Waals surface area contributed by atoms with Crippen molar-refractivity contribution < 1.29 is 19.1 Å². The summed E-state index contributed by atoms with van der Waals surface area (Å²) in [5.41, 5.74) is 0.708. The molecule has 0 fully saturated rings. The number of nitrogens with one attached hydrogen (secondary N) is 2. The van der Waals surface area contributed by atoms with Gasteiger partial charge in [0.2, 0.25) is 5.91 Å². The molecule has 0 aliphatic heterocycles. The Morgan fingerprint density at radius 3 is 2.71 bits per heavy atom. The van der Waals surface area contributed by atoms with Crippen molar-refractivity contribution in [3.8, 4) is 5.75 Å². The molecule has 1 aromatic carbocycles. The van der Waals surface area contributed by atoms with Crippen molar-refractivity contribution in [2.45, 2.75) is 19.8 Å². The van der Waals surface area contributed by atoms with Crippen molar-refractivity contribution in [1.29, 1.82) is 0 Å². The van der Waals surface area contributed by atoms with Gasteiger partial charge in [-0.1, -0.05) is 6.07 Å². The first-order valence-electron chi connectivity index (χ1n) is 6.45. The largest absolute Gasteiger partial charge is 0.494 e. The van der Waals surface area contributed by atoms with E-state index < -0.39 is 5.97 Å². The summed E-state index contributed by atoms with van der Waals surface area (Å²) in [4.78, 5) is 22.5. The first kappa shape index (κ1) is 16.9. The van der Waals surface area contributed by atoms with Crippen LogP contribution in [0.4, 0.5) is 5.69 Å². The van der Waals surface area contributed by atoms with E-state index >= 15 is 0 Å². The van der Waals surface area contributed by atoms with Crippen molar-refractivity contribution in [3.63, 3.8) is 0 Å². The Bertz CT molecular complexity index is 519. The third kappa shape index (κ3) is 6.71. The minimum atomic E-state index is -0.437. The highest BCUT2D eigenvalue weighted by Gasteiger charge is 2.08. The van der Waals surface area contributed by atoms with Crippen molar-refractivity contribution >= 4 is 34.9 Å². The van der Waals surface area contributed by atoms with E-state index in [2.05, 4.69) is 15.4 Å². The van der Waals surface area contributed by atoms with E-state index in [4.69, 9.17) is 17.0 Å². The van der Waals surface area contributed by atoms with Crippen molar-refractivity contribution in [2.75, 3.05) is 19.0 Å². The predicted molar refractivity (Wildman–Crippen MR) is 83.2 cm³/mol. The number of hydrogen-bond acceptors (Lipinski definition) is 5. The molecule has 114 valence electrons. The molecule has 1 rings (SSSR count). The van der Waals surface area contributed by atoms with Gasteiger partial charge in [0.1, 0.15) is 5.75 Å². The van der Waals surface area contributed by atoms with Gasteiger partial charge >= 0.3 is 5.97 Å². The fourth-order valence-electron chi connectivity index (χ4n) is 1.50. The Morgan fingerprint density at radius 2 is 2.05 bits per heavy atom. The van der Waals surface area contributed by atoms with Crippen LogP contribution in [0.2, 0.25) is 0 Å². The molecule has 0 bridgehead atoms. The van der Waals surface area contributed by atoms with Gasteiger partial charge in [-0.25, -0.2) is 0 Å². The lowest BCUT2D eigenvalue weighted by atomic mass is 10.3. The van der Waals surface area contributed by atoms with Crippen LogP contribution in [0.25, 0.3) is 0 Å². The molecule has 0 heterocycles. The van der Waals surface area contributed by atoms with Crippen LogP contribution in [0, 0.1) is 0 Å². The maximum absolute atomic E-state index is 11.6. The van der Waals surface area contributed by atoms with Crippen LogP contribution in [0.5, 0.6) is 5.75 Å². The third-order valence-electron chi connectivity index (χ3n) is 2.44. The van der Waals surface area contributed by atoms with Gasteiger partial charge < -0.3 is 20.1 Å². The summed E-state index contributed by atoms with van der Waals surface area (Å²) in [5.74, 6) is -0.0744. The Labute approximate surface area is 128 Å². The number of amides is 1.